The predicted octanol–water partition coefficient (Wildman–Crippen LogP) is 1.79. The van der Waals surface area contributed by atoms with E-state index in [0.717, 1.165) is 18.4 Å². The molecule has 1 fully saturated rings. The summed E-state index contributed by atoms with van der Waals surface area (Å²) in [6.07, 6.45) is 5.19. The van der Waals surface area contributed by atoms with E-state index in [-0.39, 0.29) is 29.8 Å². The number of likely N-dealkylation sites (tertiary alicyclic amines) is 1. The van der Waals surface area contributed by atoms with Crippen LogP contribution < -0.4 is 0 Å². The van der Waals surface area contributed by atoms with Crippen LogP contribution in [0.5, 0.6) is 5.75 Å². The van der Waals surface area contributed by atoms with E-state index in [1.807, 2.05) is 6.07 Å². The highest BCUT2D eigenvalue weighted by Crippen LogP contribution is 2.21. The number of imidazole rings is 1. The molecule has 1 aromatic heterocycles. The van der Waals surface area contributed by atoms with Gasteiger partial charge in [0.1, 0.15) is 5.75 Å². The summed E-state index contributed by atoms with van der Waals surface area (Å²) in [5, 5.41) is 9.50. The molecule has 1 atom stereocenters. The normalized spacial score (nSPS) is 17.7. The maximum absolute atomic E-state index is 12.6. The third kappa shape index (κ3) is 3.48. The van der Waals surface area contributed by atoms with Gasteiger partial charge in [0.15, 0.2) is 5.82 Å². The van der Waals surface area contributed by atoms with Crippen molar-refractivity contribution < 1.29 is 14.7 Å². The molecule has 1 aliphatic rings. The van der Waals surface area contributed by atoms with Gasteiger partial charge < -0.3 is 14.6 Å². The van der Waals surface area contributed by atoms with Crippen LogP contribution in [0.4, 0.5) is 0 Å². The predicted molar refractivity (Wildman–Crippen MR) is 88.7 cm³/mol. The van der Waals surface area contributed by atoms with E-state index in [1.54, 1.807) is 47.1 Å². The Hall–Kier alpha value is -2.63. The van der Waals surface area contributed by atoms with E-state index in [4.69, 9.17) is 0 Å². The Kier molecular flexibility index (Phi) is 4.64. The van der Waals surface area contributed by atoms with Gasteiger partial charge in [0, 0.05) is 38.4 Å². The zero-order chi connectivity index (χ0) is 17.1. The Balaban J connectivity index is 1.66. The molecule has 1 unspecified atom stereocenters. The summed E-state index contributed by atoms with van der Waals surface area (Å²) in [4.78, 5) is 31.0. The topological polar surface area (TPSA) is 75.4 Å². The number of rotatable bonds is 4. The molecule has 0 spiro atoms. The van der Waals surface area contributed by atoms with Crippen molar-refractivity contribution in [2.24, 2.45) is 13.0 Å². The number of Topliss-reactive ketones (excluding diaryl/α,β-unsaturated/α-hetero) is 1. The van der Waals surface area contributed by atoms with Gasteiger partial charge in [-0.15, -0.1) is 0 Å². The van der Waals surface area contributed by atoms with Gasteiger partial charge >= 0.3 is 0 Å². The number of aryl methyl sites for hydroxylation is 1. The van der Waals surface area contributed by atoms with Gasteiger partial charge in [0.2, 0.25) is 11.7 Å². The van der Waals surface area contributed by atoms with Gasteiger partial charge in [-0.3, -0.25) is 9.59 Å². The largest absolute Gasteiger partial charge is 0.508 e. The lowest BCUT2D eigenvalue weighted by atomic mass is 9.93. The van der Waals surface area contributed by atoms with Gasteiger partial charge in [-0.1, -0.05) is 12.1 Å². The molecule has 126 valence electrons. The Bertz CT molecular complexity index is 753. The Morgan fingerprint density at radius 1 is 1.38 bits per heavy atom. The molecule has 1 N–H and O–H groups in total. The van der Waals surface area contributed by atoms with Gasteiger partial charge in [0.25, 0.3) is 0 Å². The first kappa shape index (κ1) is 16.2. The summed E-state index contributed by atoms with van der Waals surface area (Å²) in [7, 11) is 1.80. The summed E-state index contributed by atoms with van der Waals surface area (Å²) in [6.45, 7) is 1.10. The van der Waals surface area contributed by atoms with E-state index in [9.17, 15) is 14.7 Å². The summed E-state index contributed by atoms with van der Waals surface area (Å²) in [5.74, 6) is 0.382. The Labute approximate surface area is 140 Å². The van der Waals surface area contributed by atoms with Crippen LogP contribution in [0.3, 0.4) is 0 Å². The maximum Gasteiger partial charge on any atom is 0.227 e. The number of carbonyl (C=O) groups is 2. The fourth-order valence-corrected chi connectivity index (χ4v) is 3.16. The number of benzene rings is 1. The molecule has 0 radical (unpaired) electrons. The van der Waals surface area contributed by atoms with Crippen molar-refractivity contribution in [1.82, 2.24) is 14.5 Å². The number of hydrogen-bond acceptors (Lipinski definition) is 4. The minimum atomic E-state index is -0.201. The fourth-order valence-electron chi connectivity index (χ4n) is 3.16. The number of aromatic hydroxyl groups is 1. The molecule has 0 bridgehead atoms. The molecule has 24 heavy (non-hydrogen) atoms. The maximum atomic E-state index is 12.6. The first-order valence-electron chi connectivity index (χ1n) is 8.12. The minimum absolute atomic E-state index is 0.00245. The average Bonchev–Trinajstić information content (AvgIpc) is 3.00. The molecule has 2 aromatic rings. The van der Waals surface area contributed by atoms with Crippen LogP contribution in [0.1, 0.15) is 29.0 Å². The van der Waals surface area contributed by atoms with Crippen molar-refractivity contribution >= 4 is 11.7 Å². The van der Waals surface area contributed by atoms with Gasteiger partial charge in [-0.05, 0) is 30.5 Å². The zero-order valence-electron chi connectivity index (χ0n) is 13.7. The highest BCUT2D eigenvalue weighted by molar-refractivity contribution is 5.95. The van der Waals surface area contributed by atoms with Crippen LogP contribution in [0, 0.1) is 5.92 Å². The second-order valence-electron chi connectivity index (χ2n) is 6.25. The molecule has 1 saturated heterocycles. The minimum Gasteiger partial charge on any atom is -0.508 e. The summed E-state index contributed by atoms with van der Waals surface area (Å²) >= 11 is 0. The molecule has 1 aliphatic heterocycles. The molecule has 6 heteroatoms. The molecule has 0 saturated carbocycles. The van der Waals surface area contributed by atoms with Crippen LogP contribution >= 0.6 is 0 Å². The number of aromatic nitrogens is 2. The van der Waals surface area contributed by atoms with Crippen molar-refractivity contribution in [2.45, 2.75) is 19.3 Å². The molecule has 6 nitrogen and oxygen atoms in total. The standard InChI is InChI=1S/C18H21N3O3/c1-20-9-7-19-18(20)17(24)14-5-3-8-21(12-14)16(23)11-13-4-2-6-15(22)10-13/h2,4,6-7,9-10,14,22H,3,5,8,11-12H2,1H3. The van der Waals surface area contributed by atoms with Crippen LogP contribution in [-0.2, 0) is 18.3 Å². The number of phenols is 1. The molecule has 1 amide bonds. The van der Waals surface area contributed by atoms with Crippen LogP contribution in [0.15, 0.2) is 36.7 Å². The van der Waals surface area contributed by atoms with Crippen molar-refractivity contribution in [1.29, 1.82) is 0 Å². The van der Waals surface area contributed by atoms with Gasteiger partial charge in [-0.25, -0.2) is 4.98 Å². The highest BCUT2D eigenvalue weighted by Gasteiger charge is 2.30. The number of amides is 1. The number of ketones is 1. The lowest BCUT2D eigenvalue weighted by Gasteiger charge is -2.32. The smallest absolute Gasteiger partial charge is 0.227 e. The molecule has 0 aliphatic carbocycles. The monoisotopic (exact) mass is 327 g/mol. The van der Waals surface area contributed by atoms with Crippen molar-refractivity contribution in [3.8, 4) is 5.75 Å². The van der Waals surface area contributed by atoms with Crippen molar-refractivity contribution in [3.05, 3.63) is 48.0 Å². The SMILES string of the molecule is Cn1ccnc1C(=O)C1CCCN(C(=O)Cc2cccc(O)c2)C1. The van der Waals surface area contributed by atoms with E-state index in [2.05, 4.69) is 4.98 Å². The van der Waals surface area contributed by atoms with Crippen LogP contribution in [0.2, 0.25) is 0 Å². The number of piperidine rings is 1. The summed E-state index contributed by atoms with van der Waals surface area (Å²) in [5.41, 5.74) is 0.776. The number of nitrogens with zero attached hydrogens (tertiary/aromatic N) is 3. The Morgan fingerprint density at radius 3 is 2.92 bits per heavy atom. The zero-order valence-corrected chi connectivity index (χ0v) is 13.7. The van der Waals surface area contributed by atoms with E-state index in [1.165, 1.54) is 0 Å². The van der Waals surface area contributed by atoms with E-state index < -0.39 is 0 Å². The highest BCUT2D eigenvalue weighted by atomic mass is 16.3. The summed E-state index contributed by atoms with van der Waals surface area (Å²) in [6, 6.07) is 6.72. The van der Waals surface area contributed by atoms with Crippen molar-refractivity contribution in [3.63, 3.8) is 0 Å². The lowest BCUT2D eigenvalue weighted by molar-refractivity contribution is -0.131. The van der Waals surface area contributed by atoms with Gasteiger partial charge in [0.05, 0.1) is 6.42 Å². The molecule has 1 aromatic carbocycles. The number of carbonyl (C=O) groups excluding carboxylic acids is 2. The lowest BCUT2D eigenvalue weighted by Crippen LogP contribution is -2.43. The van der Waals surface area contributed by atoms with Gasteiger partial charge in [-0.2, -0.15) is 0 Å². The first-order chi connectivity index (χ1) is 11.5. The number of phenolic OH excluding ortho intramolecular Hbond substituents is 1. The summed E-state index contributed by atoms with van der Waals surface area (Å²) < 4.78 is 1.72. The second kappa shape index (κ2) is 6.86. The number of hydrogen-bond donors (Lipinski definition) is 1. The second-order valence-corrected chi connectivity index (χ2v) is 6.25. The average molecular weight is 327 g/mol. The van der Waals surface area contributed by atoms with Crippen molar-refractivity contribution in [2.75, 3.05) is 13.1 Å². The quantitative estimate of drug-likeness (QED) is 0.869. The molecular formula is C18H21N3O3. The molecule has 2 heterocycles. The fraction of sp³-hybridized carbons (Fsp3) is 0.389. The molecular weight excluding hydrogens is 306 g/mol. The third-order valence-corrected chi connectivity index (χ3v) is 4.45. The third-order valence-electron chi connectivity index (χ3n) is 4.45. The Morgan fingerprint density at radius 2 is 2.21 bits per heavy atom. The van der Waals surface area contributed by atoms with Crippen LogP contribution in [0.25, 0.3) is 0 Å². The van der Waals surface area contributed by atoms with Crippen LogP contribution in [-0.4, -0.2) is 44.3 Å². The van der Waals surface area contributed by atoms with E-state index in [0.29, 0.717) is 18.9 Å². The molecule has 3 rings (SSSR count). The van der Waals surface area contributed by atoms with E-state index >= 15 is 0 Å². The first-order valence-corrected chi connectivity index (χ1v) is 8.12.